The highest BCUT2D eigenvalue weighted by atomic mass is 16.5. The van der Waals surface area contributed by atoms with E-state index in [9.17, 15) is 0 Å². The minimum Gasteiger partial charge on any atom is -0.497 e. The number of anilines is 1. The van der Waals surface area contributed by atoms with E-state index in [2.05, 4.69) is 41.0 Å². The van der Waals surface area contributed by atoms with Crippen LogP contribution < -0.4 is 19.1 Å². The molecule has 26 heavy (non-hydrogen) atoms. The molecule has 1 aliphatic rings. The highest BCUT2D eigenvalue weighted by Gasteiger charge is 2.23. The molecule has 1 saturated heterocycles. The number of rotatable bonds is 6. The van der Waals surface area contributed by atoms with Crippen LogP contribution in [0, 0.1) is 0 Å². The SMILES string of the molecule is COc1ccc(N2CCN([C@@H](C)c3ccc(OC)c(OC)c3)CC2)cc1. The molecule has 140 valence electrons. The summed E-state index contributed by atoms with van der Waals surface area (Å²) in [6, 6.07) is 14.8. The summed E-state index contributed by atoms with van der Waals surface area (Å²) in [5, 5.41) is 0. The molecule has 0 N–H and O–H groups in total. The van der Waals surface area contributed by atoms with E-state index in [1.807, 2.05) is 18.2 Å². The van der Waals surface area contributed by atoms with Gasteiger partial charge >= 0.3 is 0 Å². The van der Waals surface area contributed by atoms with E-state index in [4.69, 9.17) is 14.2 Å². The molecule has 1 fully saturated rings. The second-order valence-electron chi connectivity index (χ2n) is 6.51. The van der Waals surface area contributed by atoms with Gasteiger partial charge in [-0.05, 0) is 48.9 Å². The zero-order chi connectivity index (χ0) is 18.5. The lowest BCUT2D eigenvalue weighted by molar-refractivity contribution is 0.198. The Hall–Kier alpha value is -2.40. The van der Waals surface area contributed by atoms with Crippen molar-refractivity contribution in [1.82, 2.24) is 4.90 Å². The predicted octanol–water partition coefficient (Wildman–Crippen LogP) is 3.60. The zero-order valence-electron chi connectivity index (χ0n) is 16.1. The molecule has 0 spiro atoms. The van der Waals surface area contributed by atoms with Crippen LogP contribution in [-0.2, 0) is 0 Å². The fraction of sp³-hybridized carbons (Fsp3) is 0.429. The number of hydrogen-bond acceptors (Lipinski definition) is 5. The highest BCUT2D eigenvalue weighted by Crippen LogP contribution is 2.32. The fourth-order valence-electron chi connectivity index (χ4n) is 3.48. The van der Waals surface area contributed by atoms with Gasteiger partial charge in [-0.2, -0.15) is 0 Å². The second kappa shape index (κ2) is 8.32. The first kappa shape index (κ1) is 18.4. The lowest BCUT2D eigenvalue weighted by Crippen LogP contribution is -2.47. The largest absolute Gasteiger partial charge is 0.497 e. The smallest absolute Gasteiger partial charge is 0.161 e. The Labute approximate surface area is 156 Å². The van der Waals surface area contributed by atoms with Crippen molar-refractivity contribution in [2.24, 2.45) is 0 Å². The van der Waals surface area contributed by atoms with Crippen molar-refractivity contribution < 1.29 is 14.2 Å². The van der Waals surface area contributed by atoms with Gasteiger partial charge in [-0.15, -0.1) is 0 Å². The second-order valence-corrected chi connectivity index (χ2v) is 6.51. The number of hydrogen-bond donors (Lipinski definition) is 0. The third-order valence-electron chi connectivity index (χ3n) is 5.19. The van der Waals surface area contributed by atoms with Crippen molar-refractivity contribution in [2.75, 3.05) is 52.4 Å². The summed E-state index contributed by atoms with van der Waals surface area (Å²) >= 11 is 0. The van der Waals surface area contributed by atoms with Crippen molar-refractivity contribution in [3.63, 3.8) is 0 Å². The maximum absolute atomic E-state index is 5.45. The van der Waals surface area contributed by atoms with Gasteiger partial charge in [0.25, 0.3) is 0 Å². The van der Waals surface area contributed by atoms with Crippen molar-refractivity contribution >= 4 is 5.69 Å². The van der Waals surface area contributed by atoms with Gasteiger partial charge in [-0.3, -0.25) is 4.90 Å². The Morgan fingerprint density at radius 2 is 1.42 bits per heavy atom. The maximum Gasteiger partial charge on any atom is 0.161 e. The molecule has 0 unspecified atom stereocenters. The minimum absolute atomic E-state index is 0.341. The summed E-state index contributed by atoms with van der Waals surface area (Å²) in [5.74, 6) is 2.45. The van der Waals surface area contributed by atoms with Crippen molar-refractivity contribution in [1.29, 1.82) is 0 Å². The fourth-order valence-corrected chi connectivity index (χ4v) is 3.48. The number of ether oxygens (including phenoxy) is 3. The van der Waals surface area contributed by atoms with Gasteiger partial charge < -0.3 is 19.1 Å². The van der Waals surface area contributed by atoms with E-state index in [0.717, 1.165) is 43.4 Å². The van der Waals surface area contributed by atoms with Gasteiger partial charge in [0.05, 0.1) is 21.3 Å². The van der Waals surface area contributed by atoms with Crippen LogP contribution in [0.1, 0.15) is 18.5 Å². The summed E-state index contributed by atoms with van der Waals surface area (Å²) in [5.41, 5.74) is 2.50. The van der Waals surface area contributed by atoms with Crippen LogP contribution in [0.15, 0.2) is 42.5 Å². The van der Waals surface area contributed by atoms with Gasteiger partial charge in [0.2, 0.25) is 0 Å². The lowest BCUT2D eigenvalue weighted by atomic mass is 10.0. The molecular weight excluding hydrogens is 328 g/mol. The van der Waals surface area contributed by atoms with Crippen molar-refractivity contribution in [2.45, 2.75) is 13.0 Å². The van der Waals surface area contributed by atoms with E-state index in [-0.39, 0.29) is 0 Å². The first-order valence-electron chi connectivity index (χ1n) is 9.01. The molecular formula is C21H28N2O3. The molecule has 0 saturated carbocycles. The molecule has 0 bridgehead atoms. The van der Waals surface area contributed by atoms with Crippen LogP contribution in [0.5, 0.6) is 17.2 Å². The number of benzene rings is 2. The molecule has 5 nitrogen and oxygen atoms in total. The topological polar surface area (TPSA) is 34.2 Å². The molecule has 1 aliphatic heterocycles. The summed E-state index contributed by atoms with van der Waals surface area (Å²) in [4.78, 5) is 4.94. The minimum atomic E-state index is 0.341. The van der Waals surface area contributed by atoms with Gasteiger partial charge in [0, 0.05) is 37.9 Å². The molecule has 1 atom stereocenters. The normalized spacial score (nSPS) is 16.2. The van der Waals surface area contributed by atoms with Crippen LogP contribution in [0.3, 0.4) is 0 Å². The molecule has 0 aromatic heterocycles. The zero-order valence-corrected chi connectivity index (χ0v) is 16.1. The third-order valence-corrected chi connectivity index (χ3v) is 5.19. The summed E-state index contributed by atoms with van der Waals surface area (Å²) < 4.78 is 16.0. The van der Waals surface area contributed by atoms with Crippen LogP contribution in [-0.4, -0.2) is 52.4 Å². The van der Waals surface area contributed by atoms with Crippen molar-refractivity contribution in [3.8, 4) is 17.2 Å². The van der Waals surface area contributed by atoms with Crippen LogP contribution in [0.4, 0.5) is 5.69 Å². The molecule has 1 heterocycles. The Bertz CT molecular complexity index is 710. The van der Waals surface area contributed by atoms with Crippen LogP contribution in [0.25, 0.3) is 0 Å². The van der Waals surface area contributed by atoms with Gasteiger partial charge in [0.15, 0.2) is 11.5 Å². The summed E-state index contributed by atoms with van der Waals surface area (Å²) in [6.07, 6.45) is 0. The van der Waals surface area contributed by atoms with E-state index in [1.54, 1.807) is 21.3 Å². The average Bonchev–Trinajstić information content (AvgIpc) is 2.73. The van der Waals surface area contributed by atoms with E-state index >= 15 is 0 Å². The number of piperazine rings is 1. The van der Waals surface area contributed by atoms with Gasteiger partial charge in [-0.1, -0.05) is 6.07 Å². The van der Waals surface area contributed by atoms with E-state index in [0.29, 0.717) is 6.04 Å². The van der Waals surface area contributed by atoms with Crippen LogP contribution >= 0.6 is 0 Å². The monoisotopic (exact) mass is 356 g/mol. The lowest BCUT2D eigenvalue weighted by Gasteiger charge is -2.39. The van der Waals surface area contributed by atoms with Crippen LogP contribution in [0.2, 0.25) is 0 Å². The molecule has 2 aromatic rings. The average molecular weight is 356 g/mol. The van der Waals surface area contributed by atoms with E-state index in [1.165, 1.54) is 11.3 Å². The maximum atomic E-state index is 5.45. The molecule has 0 radical (unpaired) electrons. The quantitative estimate of drug-likeness (QED) is 0.790. The Balaban J connectivity index is 1.63. The molecule has 5 heteroatoms. The van der Waals surface area contributed by atoms with Gasteiger partial charge in [-0.25, -0.2) is 0 Å². The third kappa shape index (κ3) is 3.88. The first-order valence-corrected chi connectivity index (χ1v) is 9.01. The Morgan fingerprint density at radius 1 is 0.769 bits per heavy atom. The van der Waals surface area contributed by atoms with Crippen molar-refractivity contribution in [3.05, 3.63) is 48.0 Å². The van der Waals surface area contributed by atoms with E-state index < -0.39 is 0 Å². The summed E-state index contributed by atoms with van der Waals surface area (Å²) in [7, 11) is 5.04. The molecule has 3 rings (SSSR count). The predicted molar refractivity (Wildman–Crippen MR) is 105 cm³/mol. The Morgan fingerprint density at radius 3 is 2.00 bits per heavy atom. The molecule has 0 aliphatic carbocycles. The Kier molecular flexibility index (Phi) is 5.89. The first-order chi connectivity index (χ1) is 12.7. The molecule has 0 amide bonds. The standard InChI is InChI=1S/C21H28N2O3/c1-16(17-5-10-20(25-3)21(15-17)26-4)22-11-13-23(14-12-22)18-6-8-19(24-2)9-7-18/h5-10,15-16H,11-14H2,1-4H3/t16-/m0/s1. The highest BCUT2D eigenvalue weighted by molar-refractivity contribution is 5.49. The summed E-state index contributed by atoms with van der Waals surface area (Å²) in [6.45, 7) is 6.35. The molecule has 2 aromatic carbocycles. The van der Waals surface area contributed by atoms with Gasteiger partial charge in [0.1, 0.15) is 5.75 Å². The number of nitrogens with zero attached hydrogens (tertiary/aromatic N) is 2. The number of methoxy groups -OCH3 is 3.